The Morgan fingerprint density at radius 2 is 1.80 bits per heavy atom. The largest absolute Gasteiger partial charge is 0.510 e. The van der Waals surface area contributed by atoms with E-state index in [9.17, 15) is 31.1 Å². The maximum atomic E-state index is 14.1. The highest BCUT2D eigenvalue weighted by Gasteiger charge is 2.67. The Balaban J connectivity index is 1.45. The van der Waals surface area contributed by atoms with Gasteiger partial charge in [0, 0.05) is 18.3 Å². The second-order valence-corrected chi connectivity index (χ2v) is 16.0. The van der Waals surface area contributed by atoms with Gasteiger partial charge in [-0.2, -0.15) is 26.3 Å². The Bertz CT molecular complexity index is 1380. The van der Waals surface area contributed by atoms with E-state index in [-0.39, 0.29) is 23.0 Å². The van der Waals surface area contributed by atoms with Gasteiger partial charge in [0.25, 0.3) is 0 Å². The van der Waals surface area contributed by atoms with Gasteiger partial charge in [-0.05, 0) is 93.2 Å². The van der Waals surface area contributed by atoms with E-state index < -0.39 is 78.1 Å². The number of hydrogen-bond donors (Lipinski definition) is 0. The second-order valence-electron chi connectivity index (χ2n) is 16.0. The number of allylic oxidation sites excluding steroid dienone is 1. The fraction of sp³-hybridized carbons (Fsp3) is 0.769. The summed E-state index contributed by atoms with van der Waals surface area (Å²) in [6.07, 6.45) is -6.26. The van der Waals surface area contributed by atoms with Crippen molar-refractivity contribution in [2.45, 2.75) is 142 Å². The molecule has 0 N–H and O–H groups in total. The molecule has 0 amide bonds. The molecule has 0 aromatic heterocycles. The summed E-state index contributed by atoms with van der Waals surface area (Å²) in [7, 11) is 0. The van der Waals surface area contributed by atoms with Gasteiger partial charge in [0.15, 0.2) is 12.1 Å². The molecule has 4 saturated heterocycles. The van der Waals surface area contributed by atoms with Gasteiger partial charge in [0.1, 0.15) is 6.10 Å². The average Bonchev–Trinajstić information content (AvgIpc) is 3.28. The molecule has 12 unspecified atom stereocenters. The third-order valence-corrected chi connectivity index (χ3v) is 12.6. The number of alkyl halides is 6. The van der Waals surface area contributed by atoms with Crippen LogP contribution in [-0.4, -0.2) is 43.4 Å². The van der Waals surface area contributed by atoms with Crippen molar-refractivity contribution < 1.29 is 54.8 Å². The first-order chi connectivity index (χ1) is 23.8. The zero-order chi connectivity index (χ0) is 37.5. The van der Waals surface area contributed by atoms with Gasteiger partial charge in [-0.15, -0.1) is 6.58 Å². The van der Waals surface area contributed by atoms with Crippen LogP contribution in [0.3, 0.4) is 0 Å². The normalized spacial score (nSPS) is 34.4. The second kappa shape index (κ2) is 15.2. The van der Waals surface area contributed by atoms with Gasteiger partial charge in [0.05, 0.1) is 23.5 Å². The van der Waals surface area contributed by atoms with Crippen LogP contribution in [0.5, 0.6) is 0 Å². The molecule has 1 aliphatic carbocycles. The summed E-state index contributed by atoms with van der Waals surface area (Å²) in [6.45, 7) is 14.3. The van der Waals surface area contributed by atoms with Gasteiger partial charge >= 0.3 is 18.5 Å². The van der Waals surface area contributed by atoms with Crippen LogP contribution in [0.4, 0.5) is 31.1 Å². The monoisotopic (exact) mass is 732 g/mol. The van der Waals surface area contributed by atoms with Crippen molar-refractivity contribution in [1.82, 2.24) is 0 Å². The first-order valence-electron chi connectivity index (χ1n) is 18.5. The summed E-state index contributed by atoms with van der Waals surface area (Å²) < 4.78 is 116. The van der Waals surface area contributed by atoms with E-state index in [1.54, 1.807) is 13.0 Å². The molecule has 1 saturated carbocycles. The molecule has 51 heavy (non-hydrogen) atoms. The number of benzene rings is 1. The number of hydrogen-bond acceptors (Lipinski definition) is 6. The van der Waals surface area contributed by atoms with Crippen LogP contribution < -0.4 is 0 Å². The van der Waals surface area contributed by atoms with Gasteiger partial charge in [-0.25, -0.2) is 4.79 Å². The van der Waals surface area contributed by atoms with Crippen LogP contribution in [0, 0.1) is 47.8 Å². The van der Waals surface area contributed by atoms with Crippen LogP contribution >= 0.6 is 0 Å². The summed E-state index contributed by atoms with van der Waals surface area (Å²) in [5.74, 6) is -3.98. The van der Waals surface area contributed by atoms with Crippen molar-refractivity contribution >= 4 is 6.16 Å². The molecular weight excluding hydrogens is 678 g/mol. The van der Waals surface area contributed by atoms with Crippen LogP contribution in [0.25, 0.3) is 0 Å². The SMILES string of the molecule is C=CCCCCC(C)C(OC(=O)OC1OC2OC3(C)CCC4C(C)CCC(C1C)C24CO3)C(CC(C)C(F)(F)F)c1cccc(C(F)(F)F)c1C. The average molecular weight is 733 g/mol. The zero-order valence-electron chi connectivity index (χ0n) is 30.6. The third-order valence-electron chi connectivity index (χ3n) is 12.6. The molecule has 4 heterocycles. The first kappa shape index (κ1) is 39.9. The summed E-state index contributed by atoms with van der Waals surface area (Å²) in [4.78, 5) is 13.8. The maximum absolute atomic E-state index is 14.1. The molecule has 288 valence electrons. The molecule has 12 atom stereocenters. The molecule has 1 aromatic rings. The number of ether oxygens (including phenoxy) is 5. The lowest BCUT2D eigenvalue weighted by molar-refractivity contribution is -0.440. The quantitative estimate of drug-likeness (QED) is 0.0923. The summed E-state index contributed by atoms with van der Waals surface area (Å²) >= 11 is 0. The van der Waals surface area contributed by atoms with E-state index in [4.69, 9.17) is 23.7 Å². The standard InChI is InChI=1S/C39H54F6O6/c1-8-9-10-11-13-23(3)32(28(20-24(4)38(40,41)42)27-14-12-15-31(25(27)5)39(43,44)45)48-35(46)50-33-26(6)30-17-16-22(2)29-18-19-36(7)47-21-37(29,30)34(49-33)51-36/h8,12,14-15,22-24,26,28-30,32-34H,1,9-11,13,16-21H2,2-7H3. The van der Waals surface area contributed by atoms with Crippen LogP contribution in [0.15, 0.2) is 30.9 Å². The molecule has 1 aromatic carbocycles. The highest BCUT2D eigenvalue weighted by Crippen LogP contribution is 2.64. The summed E-state index contributed by atoms with van der Waals surface area (Å²) in [5, 5.41) is 0. The molecule has 2 bridgehead atoms. The van der Waals surface area contributed by atoms with Crippen LogP contribution in [-0.2, 0) is 29.9 Å². The Morgan fingerprint density at radius 1 is 1.08 bits per heavy atom. The third kappa shape index (κ3) is 8.13. The molecule has 4 aliphatic heterocycles. The number of carbonyl (C=O) groups excluding carboxylic acids is 1. The predicted molar refractivity (Wildman–Crippen MR) is 178 cm³/mol. The molecule has 1 spiro atoms. The maximum Gasteiger partial charge on any atom is 0.510 e. The molecule has 12 heteroatoms. The lowest BCUT2D eigenvalue weighted by Gasteiger charge is -2.61. The van der Waals surface area contributed by atoms with Gasteiger partial charge in [-0.1, -0.05) is 58.7 Å². The minimum atomic E-state index is -4.73. The van der Waals surface area contributed by atoms with Crippen molar-refractivity contribution in [2.24, 2.45) is 40.9 Å². The molecule has 6 rings (SSSR count). The zero-order valence-corrected chi connectivity index (χ0v) is 30.6. The minimum absolute atomic E-state index is 0.0469. The van der Waals surface area contributed by atoms with E-state index >= 15 is 0 Å². The summed E-state index contributed by atoms with van der Waals surface area (Å²) in [6, 6.07) is 3.50. The molecule has 6 nitrogen and oxygen atoms in total. The van der Waals surface area contributed by atoms with Crippen molar-refractivity contribution in [1.29, 1.82) is 0 Å². The van der Waals surface area contributed by atoms with E-state index in [0.29, 0.717) is 44.1 Å². The lowest BCUT2D eigenvalue weighted by atomic mass is 9.52. The predicted octanol–water partition coefficient (Wildman–Crippen LogP) is 11.1. The van der Waals surface area contributed by atoms with Crippen molar-refractivity contribution in [3.05, 3.63) is 47.5 Å². The Labute approximate surface area is 297 Å². The number of fused-ring (bicyclic) bond motifs is 2. The topological polar surface area (TPSA) is 63.2 Å². The minimum Gasteiger partial charge on any atom is -0.430 e. The Kier molecular flexibility index (Phi) is 11.9. The molecular formula is C39H54F6O6. The smallest absolute Gasteiger partial charge is 0.430 e. The Morgan fingerprint density at radius 3 is 2.47 bits per heavy atom. The van der Waals surface area contributed by atoms with Crippen LogP contribution in [0.2, 0.25) is 0 Å². The first-order valence-corrected chi connectivity index (χ1v) is 18.5. The highest BCUT2D eigenvalue weighted by molar-refractivity contribution is 5.60. The number of halogens is 6. The highest BCUT2D eigenvalue weighted by atomic mass is 19.4. The fourth-order valence-corrected chi connectivity index (χ4v) is 9.64. The van der Waals surface area contributed by atoms with E-state index in [0.717, 1.165) is 38.7 Å². The Hall–Kier alpha value is -2.31. The summed E-state index contributed by atoms with van der Waals surface area (Å²) in [5.41, 5.74) is -1.51. The van der Waals surface area contributed by atoms with Gasteiger partial charge in [0.2, 0.25) is 6.29 Å². The lowest BCUT2D eigenvalue weighted by Crippen LogP contribution is -2.67. The molecule has 5 fully saturated rings. The number of unbranched alkanes of at least 4 members (excludes halogenated alkanes) is 2. The molecule has 5 aliphatic rings. The van der Waals surface area contributed by atoms with E-state index in [1.807, 2.05) is 13.8 Å². The fourth-order valence-electron chi connectivity index (χ4n) is 9.64. The van der Waals surface area contributed by atoms with Gasteiger partial charge < -0.3 is 23.7 Å². The van der Waals surface area contributed by atoms with Crippen molar-refractivity contribution in [2.75, 3.05) is 6.61 Å². The van der Waals surface area contributed by atoms with E-state index in [2.05, 4.69) is 13.5 Å². The molecule has 0 radical (unpaired) electrons. The van der Waals surface area contributed by atoms with Crippen molar-refractivity contribution in [3.8, 4) is 0 Å². The number of rotatable bonds is 12. The van der Waals surface area contributed by atoms with E-state index in [1.165, 1.54) is 19.1 Å². The number of carbonyl (C=O) groups is 1. The van der Waals surface area contributed by atoms with Gasteiger partial charge in [-0.3, -0.25) is 0 Å². The van der Waals surface area contributed by atoms with Crippen molar-refractivity contribution in [3.63, 3.8) is 0 Å². The van der Waals surface area contributed by atoms with Crippen LogP contribution in [0.1, 0.15) is 115 Å².